The van der Waals surface area contributed by atoms with Gasteiger partial charge in [-0.25, -0.2) is 4.98 Å². The van der Waals surface area contributed by atoms with Crippen LogP contribution in [0.25, 0.3) is 10.6 Å². The molecule has 4 heteroatoms. The van der Waals surface area contributed by atoms with E-state index >= 15 is 0 Å². The second kappa shape index (κ2) is 7.92. The Kier molecular flexibility index (Phi) is 6.22. The SMILES string of the molecule is CC(C)CC(C)OCc1ccccc1-c1nc(CCl)cs1. The highest BCUT2D eigenvalue weighted by atomic mass is 35.5. The van der Waals surface area contributed by atoms with Crippen LogP contribution in [-0.4, -0.2) is 11.1 Å². The third-order valence-corrected chi connectivity index (χ3v) is 4.46. The quantitative estimate of drug-likeness (QED) is 0.628. The maximum atomic E-state index is 5.98. The molecule has 0 N–H and O–H groups in total. The molecule has 2 aromatic rings. The zero-order valence-corrected chi connectivity index (χ0v) is 14.4. The fourth-order valence-electron chi connectivity index (χ4n) is 2.31. The van der Waals surface area contributed by atoms with Crippen molar-refractivity contribution in [2.75, 3.05) is 0 Å². The Balaban J connectivity index is 2.10. The highest BCUT2D eigenvalue weighted by Crippen LogP contribution is 2.28. The van der Waals surface area contributed by atoms with Crippen molar-refractivity contribution in [2.45, 2.75) is 45.8 Å². The molecule has 0 spiro atoms. The van der Waals surface area contributed by atoms with Crippen molar-refractivity contribution in [2.24, 2.45) is 5.92 Å². The van der Waals surface area contributed by atoms with Crippen molar-refractivity contribution >= 4 is 22.9 Å². The van der Waals surface area contributed by atoms with E-state index in [0.29, 0.717) is 18.4 Å². The zero-order valence-electron chi connectivity index (χ0n) is 12.8. The van der Waals surface area contributed by atoms with Gasteiger partial charge in [-0.3, -0.25) is 0 Å². The summed E-state index contributed by atoms with van der Waals surface area (Å²) in [5.74, 6) is 1.11. The Hall–Kier alpha value is -0.900. The van der Waals surface area contributed by atoms with E-state index in [4.69, 9.17) is 16.3 Å². The van der Waals surface area contributed by atoms with Crippen molar-refractivity contribution in [3.05, 3.63) is 40.9 Å². The molecule has 0 amide bonds. The van der Waals surface area contributed by atoms with Crippen LogP contribution in [0.3, 0.4) is 0 Å². The van der Waals surface area contributed by atoms with Gasteiger partial charge in [-0.15, -0.1) is 22.9 Å². The molecular weight excluding hydrogens is 302 g/mol. The summed E-state index contributed by atoms with van der Waals surface area (Å²) in [6, 6.07) is 8.30. The molecule has 0 aliphatic heterocycles. The van der Waals surface area contributed by atoms with Gasteiger partial charge in [-0.2, -0.15) is 0 Å². The van der Waals surface area contributed by atoms with Crippen LogP contribution >= 0.6 is 22.9 Å². The van der Waals surface area contributed by atoms with Gasteiger partial charge in [0.1, 0.15) is 5.01 Å². The molecule has 0 aliphatic rings. The molecule has 1 atom stereocenters. The molecule has 1 unspecified atom stereocenters. The molecule has 0 bridgehead atoms. The zero-order chi connectivity index (χ0) is 15.2. The summed E-state index contributed by atoms with van der Waals surface area (Å²) in [7, 11) is 0. The average molecular weight is 324 g/mol. The van der Waals surface area contributed by atoms with Crippen LogP contribution in [0.5, 0.6) is 0 Å². The predicted octanol–water partition coefficient (Wildman–Crippen LogP) is 5.50. The Morgan fingerprint density at radius 3 is 2.67 bits per heavy atom. The van der Waals surface area contributed by atoms with Crippen LogP contribution in [0.1, 0.15) is 38.4 Å². The maximum absolute atomic E-state index is 5.98. The van der Waals surface area contributed by atoms with Gasteiger partial charge in [0, 0.05) is 10.9 Å². The number of ether oxygens (including phenoxy) is 1. The lowest BCUT2D eigenvalue weighted by molar-refractivity contribution is 0.0399. The van der Waals surface area contributed by atoms with Crippen LogP contribution in [-0.2, 0) is 17.2 Å². The summed E-state index contributed by atoms with van der Waals surface area (Å²) < 4.78 is 5.98. The summed E-state index contributed by atoms with van der Waals surface area (Å²) in [5, 5.41) is 3.03. The third kappa shape index (κ3) is 4.80. The molecule has 0 aliphatic carbocycles. The summed E-state index contributed by atoms with van der Waals surface area (Å²) in [5.41, 5.74) is 3.26. The van der Waals surface area contributed by atoms with E-state index in [9.17, 15) is 0 Å². The van der Waals surface area contributed by atoms with Crippen molar-refractivity contribution in [3.8, 4) is 10.6 Å². The summed E-state index contributed by atoms with van der Waals surface area (Å²) >= 11 is 7.47. The van der Waals surface area contributed by atoms with E-state index in [2.05, 4.69) is 37.9 Å². The number of hydrogen-bond acceptors (Lipinski definition) is 3. The summed E-state index contributed by atoms with van der Waals surface area (Å²) in [6.45, 7) is 7.20. The molecule has 0 radical (unpaired) electrons. The molecule has 114 valence electrons. The minimum absolute atomic E-state index is 0.271. The van der Waals surface area contributed by atoms with Gasteiger partial charge < -0.3 is 4.74 Å². The molecule has 1 heterocycles. The number of benzene rings is 1. The molecule has 0 saturated carbocycles. The second-order valence-electron chi connectivity index (χ2n) is 5.69. The van der Waals surface area contributed by atoms with Gasteiger partial charge in [-0.05, 0) is 24.8 Å². The second-order valence-corrected chi connectivity index (χ2v) is 6.81. The van der Waals surface area contributed by atoms with Gasteiger partial charge >= 0.3 is 0 Å². The lowest BCUT2D eigenvalue weighted by Gasteiger charge is -2.16. The maximum Gasteiger partial charge on any atom is 0.124 e. The number of aromatic nitrogens is 1. The lowest BCUT2D eigenvalue weighted by Crippen LogP contribution is -2.11. The van der Waals surface area contributed by atoms with Crippen LogP contribution in [0.4, 0.5) is 0 Å². The number of nitrogens with zero attached hydrogens (tertiary/aromatic N) is 1. The molecule has 2 rings (SSSR count). The first kappa shape index (κ1) is 16.5. The van der Waals surface area contributed by atoms with Gasteiger partial charge in [-0.1, -0.05) is 38.1 Å². The third-order valence-electron chi connectivity index (χ3n) is 3.26. The largest absolute Gasteiger partial charge is 0.374 e. The van der Waals surface area contributed by atoms with Crippen LogP contribution in [0.2, 0.25) is 0 Å². The Labute approximate surface area is 136 Å². The van der Waals surface area contributed by atoms with E-state index in [1.807, 2.05) is 17.5 Å². The molecule has 1 aromatic carbocycles. The number of hydrogen-bond donors (Lipinski definition) is 0. The van der Waals surface area contributed by atoms with Crippen molar-refractivity contribution in [1.82, 2.24) is 4.98 Å². The normalized spacial score (nSPS) is 12.8. The highest BCUT2D eigenvalue weighted by molar-refractivity contribution is 7.13. The number of rotatable bonds is 7. The minimum Gasteiger partial charge on any atom is -0.374 e. The van der Waals surface area contributed by atoms with Gasteiger partial charge in [0.05, 0.1) is 24.3 Å². The molecule has 1 aromatic heterocycles. The molecule has 2 nitrogen and oxygen atoms in total. The molecule has 0 fully saturated rings. The topological polar surface area (TPSA) is 22.1 Å². The fourth-order valence-corrected chi connectivity index (χ4v) is 3.42. The van der Waals surface area contributed by atoms with E-state index in [-0.39, 0.29) is 6.10 Å². The standard InChI is InChI=1S/C17H22ClNOS/c1-12(2)8-13(3)20-10-14-6-4-5-7-16(14)17-19-15(9-18)11-21-17/h4-7,11-13H,8-10H2,1-3H3. The Morgan fingerprint density at radius 1 is 1.24 bits per heavy atom. The molecule has 0 saturated heterocycles. The van der Waals surface area contributed by atoms with Crippen LogP contribution < -0.4 is 0 Å². The van der Waals surface area contributed by atoms with Gasteiger partial charge in [0.25, 0.3) is 0 Å². The first-order valence-electron chi connectivity index (χ1n) is 7.30. The van der Waals surface area contributed by atoms with E-state index in [1.165, 1.54) is 5.56 Å². The highest BCUT2D eigenvalue weighted by Gasteiger charge is 2.11. The molecule has 21 heavy (non-hydrogen) atoms. The smallest absolute Gasteiger partial charge is 0.124 e. The Bertz CT molecular complexity index is 567. The lowest BCUT2D eigenvalue weighted by atomic mass is 10.1. The first-order valence-corrected chi connectivity index (χ1v) is 8.71. The van der Waals surface area contributed by atoms with E-state index in [1.54, 1.807) is 11.3 Å². The number of halogens is 1. The Morgan fingerprint density at radius 2 is 2.00 bits per heavy atom. The summed E-state index contributed by atoms with van der Waals surface area (Å²) in [4.78, 5) is 4.57. The van der Waals surface area contributed by atoms with E-state index in [0.717, 1.165) is 22.7 Å². The van der Waals surface area contributed by atoms with Crippen molar-refractivity contribution in [3.63, 3.8) is 0 Å². The first-order chi connectivity index (χ1) is 10.1. The predicted molar refractivity (Wildman–Crippen MR) is 90.8 cm³/mol. The van der Waals surface area contributed by atoms with Crippen LogP contribution in [0, 0.1) is 5.92 Å². The number of thiazole rings is 1. The number of alkyl halides is 1. The van der Waals surface area contributed by atoms with Gasteiger partial charge in [0.15, 0.2) is 0 Å². The minimum atomic E-state index is 0.271. The molecular formula is C17H22ClNOS. The van der Waals surface area contributed by atoms with Gasteiger partial charge in [0.2, 0.25) is 0 Å². The fraction of sp³-hybridized carbons (Fsp3) is 0.471. The monoisotopic (exact) mass is 323 g/mol. The summed E-state index contributed by atoms with van der Waals surface area (Å²) in [6.07, 6.45) is 1.35. The van der Waals surface area contributed by atoms with Crippen LogP contribution in [0.15, 0.2) is 29.6 Å². The van der Waals surface area contributed by atoms with Crippen molar-refractivity contribution in [1.29, 1.82) is 0 Å². The average Bonchev–Trinajstić information content (AvgIpc) is 2.93. The van der Waals surface area contributed by atoms with Crippen molar-refractivity contribution < 1.29 is 4.74 Å². The van der Waals surface area contributed by atoms with E-state index < -0.39 is 0 Å².